The summed E-state index contributed by atoms with van der Waals surface area (Å²) in [6.07, 6.45) is 4.17. The number of allylic oxidation sites excluding steroid dienone is 1. The number of rotatable bonds is 6. The molecule has 0 aliphatic carbocycles. The Morgan fingerprint density at radius 2 is 1.64 bits per heavy atom. The second kappa shape index (κ2) is 10.4. The molecule has 170 valence electrons. The van der Waals surface area contributed by atoms with Crippen LogP contribution in [0.5, 0.6) is 0 Å². The summed E-state index contributed by atoms with van der Waals surface area (Å²) in [5, 5.41) is 3.54. The van der Waals surface area contributed by atoms with Gasteiger partial charge < -0.3 is 10.2 Å². The number of hydrogen-bond acceptors (Lipinski definition) is 3. The van der Waals surface area contributed by atoms with Gasteiger partial charge in [0, 0.05) is 24.3 Å². The van der Waals surface area contributed by atoms with Crippen molar-refractivity contribution in [3.8, 4) is 0 Å². The van der Waals surface area contributed by atoms with E-state index in [9.17, 15) is 8.78 Å². The Balaban J connectivity index is 1.85. The average molecular weight is 446 g/mol. The van der Waals surface area contributed by atoms with Crippen LogP contribution in [-0.2, 0) is 0 Å². The summed E-state index contributed by atoms with van der Waals surface area (Å²) in [6, 6.07) is 20.7. The molecule has 33 heavy (non-hydrogen) atoms. The summed E-state index contributed by atoms with van der Waals surface area (Å²) in [7, 11) is 0. The summed E-state index contributed by atoms with van der Waals surface area (Å²) in [5.41, 5.74) is 5.54. The van der Waals surface area contributed by atoms with Crippen LogP contribution in [0.3, 0.4) is 0 Å². The van der Waals surface area contributed by atoms with Gasteiger partial charge in [-0.05, 0) is 79.8 Å². The lowest BCUT2D eigenvalue weighted by atomic mass is 9.98. The number of benzene rings is 3. The maximum atomic E-state index is 13.5. The molecule has 0 spiro atoms. The minimum Gasteiger partial charge on any atom is -0.368 e. The fourth-order valence-electron chi connectivity index (χ4n) is 4.18. The number of nitrogens with one attached hydrogen (secondary N) is 1. The number of halogens is 2. The van der Waals surface area contributed by atoms with Gasteiger partial charge in [-0.25, -0.2) is 8.78 Å². The Labute approximate surface area is 194 Å². The molecule has 0 aromatic heterocycles. The van der Waals surface area contributed by atoms with Gasteiger partial charge in [0.15, 0.2) is 0 Å². The summed E-state index contributed by atoms with van der Waals surface area (Å²) in [4.78, 5) is 7.05. The molecule has 1 heterocycles. The van der Waals surface area contributed by atoms with E-state index in [2.05, 4.69) is 41.2 Å². The van der Waals surface area contributed by atoms with Crippen LogP contribution in [-0.4, -0.2) is 24.2 Å². The van der Waals surface area contributed by atoms with Gasteiger partial charge in [-0.1, -0.05) is 31.2 Å². The number of aryl methyl sites for hydroxylation is 1. The molecular weight excluding hydrogens is 416 g/mol. The third-order valence-electron chi connectivity index (χ3n) is 5.94. The normalized spacial score (nSPS) is 17.2. The van der Waals surface area contributed by atoms with Crippen LogP contribution in [0.2, 0.25) is 0 Å². The molecular formula is C28H29F2N3. The highest BCUT2D eigenvalue weighted by Gasteiger charge is 2.22. The highest BCUT2D eigenvalue weighted by molar-refractivity contribution is 5.95. The summed E-state index contributed by atoms with van der Waals surface area (Å²) >= 11 is 0. The summed E-state index contributed by atoms with van der Waals surface area (Å²) in [6.45, 7) is 6.19. The van der Waals surface area contributed by atoms with Crippen LogP contribution < -0.4 is 5.32 Å². The summed E-state index contributed by atoms with van der Waals surface area (Å²) in [5.74, 6) is 0.00924. The van der Waals surface area contributed by atoms with E-state index in [0.29, 0.717) is 11.6 Å². The second-order valence-corrected chi connectivity index (χ2v) is 8.64. The van der Waals surface area contributed by atoms with E-state index in [1.54, 1.807) is 24.3 Å². The molecule has 3 nitrogen and oxygen atoms in total. The van der Waals surface area contributed by atoms with Gasteiger partial charge in [-0.15, -0.1) is 0 Å². The van der Waals surface area contributed by atoms with Gasteiger partial charge in [0.2, 0.25) is 0 Å². The molecule has 0 bridgehead atoms. The predicted molar refractivity (Wildman–Crippen MR) is 133 cm³/mol. The molecule has 4 rings (SSSR count). The monoisotopic (exact) mass is 445 g/mol. The first kappa shape index (κ1) is 22.7. The van der Waals surface area contributed by atoms with E-state index in [-0.39, 0.29) is 11.6 Å². The number of nitrogens with zero attached hydrogens (tertiary/aromatic N) is 2. The molecule has 1 unspecified atom stereocenters. The molecule has 3 aromatic rings. The predicted octanol–water partition coefficient (Wildman–Crippen LogP) is 7.19. The smallest absolute Gasteiger partial charge is 0.123 e. The van der Waals surface area contributed by atoms with Crippen molar-refractivity contribution in [2.75, 3.05) is 18.4 Å². The van der Waals surface area contributed by atoms with E-state index >= 15 is 0 Å². The van der Waals surface area contributed by atoms with Crippen molar-refractivity contribution in [3.05, 3.63) is 101 Å². The molecule has 3 aromatic carbocycles. The Morgan fingerprint density at radius 3 is 2.30 bits per heavy atom. The van der Waals surface area contributed by atoms with Crippen LogP contribution in [0.25, 0.3) is 5.70 Å². The first-order valence-electron chi connectivity index (χ1n) is 11.4. The Hall–Kier alpha value is -3.47. The van der Waals surface area contributed by atoms with Gasteiger partial charge in [-0.2, -0.15) is 0 Å². The Morgan fingerprint density at radius 1 is 0.970 bits per heavy atom. The molecule has 0 saturated carbocycles. The van der Waals surface area contributed by atoms with Crippen LogP contribution >= 0.6 is 0 Å². The molecule has 1 fully saturated rings. The van der Waals surface area contributed by atoms with Crippen LogP contribution in [0.1, 0.15) is 30.9 Å². The fourth-order valence-corrected chi connectivity index (χ4v) is 4.18. The first-order chi connectivity index (χ1) is 16.0. The lowest BCUT2D eigenvalue weighted by Gasteiger charge is -2.35. The zero-order chi connectivity index (χ0) is 23.2. The number of aliphatic imine (C=N–C) groups is 1. The Kier molecular flexibility index (Phi) is 7.18. The SMILES string of the molecule is Cc1ccccc1/C(Nc1ccc(F)cc1)=C(\C=Nc1ccc(F)cc1)N1CCCC(C)C1. The minimum absolute atomic E-state index is 0.273. The van der Waals surface area contributed by atoms with Gasteiger partial charge in [0.1, 0.15) is 11.6 Å². The standard InChI is InChI=1S/C28H29F2N3/c1-20-6-5-17-33(19-20)27(18-31-24-13-9-22(29)10-14-24)28(26-8-4-3-7-21(26)2)32-25-15-11-23(30)12-16-25/h3-4,7-16,18,20,32H,5-6,17,19H2,1-2H3/b28-27-,31-18?. The van der Waals surface area contributed by atoms with Crippen molar-refractivity contribution in [2.24, 2.45) is 10.9 Å². The highest BCUT2D eigenvalue weighted by atomic mass is 19.1. The van der Waals surface area contributed by atoms with Crippen molar-refractivity contribution >= 4 is 23.3 Å². The topological polar surface area (TPSA) is 27.6 Å². The quantitative estimate of drug-likeness (QED) is 0.407. The Bertz CT molecular complexity index is 1130. The third kappa shape index (κ3) is 5.86. The molecule has 0 amide bonds. The molecule has 1 atom stereocenters. The van der Waals surface area contributed by atoms with Crippen LogP contribution in [0, 0.1) is 24.5 Å². The molecule has 1 aliphatic rings. The second-order valence-electron chi connectivity index (χ2n) is 8.64. The zero-order valence-corrected chi connectivity index (χ0v) is 19.1. The van der Waals surface area contributed by atoms with Crippen LogP contribution in [0.15, 0.2) is 83.5 Å². The van der Waals surface area contributed by atoms with E-state index in [4.69, 9.17) is 0 Å². The minimum atomic E-state index is -0.284. The van der Waals surface area contributed by atoms with Crippen molar-refractivity contribution < 1.29 is 8.78 Å². The van der Waals surface area contributed by atoms with Crippen molar-refractivity contribution in [2.45, 2.75) is 26.7 Å². The zero-order valence-electron chi connectivity index (χ0n) is 19.1. The maximum absolute atomic E-state index is 13.5. The molecule has 1 N–H and O–H groups in total. The number of likely N-dealkylation sites (tertiary alicyclic amines) is 1. The lowest BCUT2D eigenvalue weighted by Crippen LogP contribution is -2.35. The molecule has 1 saturated heterocycles. The largest absolute Gasteiger partial charge is 0.368 e. The lowest BCUT2D eigenvalue weighted by molar-refractivity contribution is 0.240. The molecule has 1 aliphatic heterocycles. The van der Waals surface area contributed by atoms with Gasteiger partial charge >= 0.3 is 0 Å². The maximum Gasteiger partial charge on any atom is 0.123 e. The number of piperidine rings is 1. The highest BCUT2D eigenvalue weighted by Crippen LogP contribution is 2.29. The number of anilines is 1. The van der Waals surface area contributed by atoms with E-state index in [1.807, 2.05) is 18.3 Å². The molecule has 0 radical (unpaired) electrons. The van der Waals surface area contributed by atoms with E-state index < -0.39 is 0 Å². The first-order valence-corrected chi connectivity index (χ1v) is 11.4. The third-order valence-corrected chi connectivity index (χ3v) is 5.94. The van der Waals surface area contributed by atoms with E-state index in [1.165, 1.54) is 30.7 Å². The van der Waals surface area contributed by atoms with Gasteiger partial charge in [0.05, 0.1) is 23.3 Å². The van der Waals surface area contributed by atoms with Gasteiger partial charge in [0.25, 0.3) is 0 Å². The number of hydrogen-bond donors (Lipinski definition) is 1. The van der Waals surface area contributed by atoms with Gasteiger partial charge in [-0.3, -0.25) is 4.99 Å². The summed E-state index contributed by atoms with van der Waals surface area (Å²) < 4.78 is 26.9. The average Bonchev–Trinajstić information content (AvgIpc) is 2.81. The fraction of sp³-hybridized carbons (Fsp3) is 0.250. The van der Waals surface area contributed by atoms with E-state index in [0.717, 1.165) is 47.7 Å². The van der Waals surface area contributed by atoms with Crippen molar-refractivity contribution in [3.63, 3.8) is 0 Å². The molecule has 5 heteroatoms. The van der Waals surface area contributed by atoms with Crippen molar-refractivity contribution in [1.82, 2.24) is 4.90 Å². The van der Waals surface area contributed by atoms with Crippen molar-refractivity contribution in [1.29, 1.82) is 0 Å². The van der Waals surface area contributed by atoms with Crippen LogP contribution in [0.4, 0.5) is 20.2 Å².